The summed E-state index contributed by atoms with van der Waals surface area (Å²) >= 11 is 6.16. The maximum absolute atomic E-state index is 13.2. The lowest BCUT2D eigenvalue weighted by molar-refractivity contribution is -0.111. The lowest BCUT2D eigenvalue weighted by atomic mass is 10.2. The van der Waals surface area contributed by atoms with Gasteiger partial charge in [-0.3, -0.25) is 4.79 Å². The van der Waals surface area contributed by atoms with Gasteiger partial charge in [-0.1, -0.05) is 29.8 Å². The molecule has 0 unspecified atom stereocenters. The summed E-state index contributed by atoms with van der Waals surface area (Å²) in [6.45, 7) is 3.75. The first-order valence-corrected chi connectivity index (χ1v) is 12.6. The summed E-state index contributed by atoms with van der Waals surface area (Å²) in [5, 5.41) is 3.39. The highest BCUT2D eigenvalue weighted by Crippen LogP contribution is 2.31. The number of anilines is 2. The summed E-state index contributed by atoms with van der Waals surface area (Å²) < 4.78 is 38.4. The van der Waals surface area contributed by atoms with Gasteiger partial charge in [-0.2, -0.15) is 4.31 Å². The molecule has 0 aliphatic carbocycles. The van der Waals surface area contributed by atoms with Gasteiger partial charge in [-0.25, -0.2) is 8.42 Å². The maximum Gasteiger partial charge on any atom is 0.248 e. The summed E-state index contributed by atoms with van der Waals surface area (Å²) in [6.07, 6.45) is 3.01. The molecular weight excluding hydrogens is 466 g/mol. The van der Waals surface area contributed by atoms with Crippen molar-refractivity contribution in [2.45, 2.75) is 4.90 Å². The third-order valence-corrected chi connectivity index (χ3v) is 7.74. The van der Waals surface area contributed by atoms with Gasteiger partial charge in [-0.05, 0) is 35.9 Å². The molecule has 2 aliphatic rings. The SMILES string of the molecule is O=C(C=Cc1ccccc1Cl)Nc1cc(S(=O)(=O)N2CCOCC2)ccc1N1CCOCC1. The zero-order valence-corrected chi connectivity index (χ0v) is 19.6. The van der Waals surface area contributed by atoms with Crippen LogP contribution in [0.4, 0.5) is 11.4 Å². The minimum atomic E-state index is -3.71. The smallest absolute Gasteiger partial charge is 0.248 e. The van der Waals surface area contributed by atoms with E-state index in [2.05, 4.69) is 10.2 Å². The number of nitrogens with one attached hydrogen (secondary N) is 1. The van der Waals surface area contributed by atoms with Crippen molar-refractivity contribution in [1.82, 2.24) is 4.31 Å². The third kappa shape index (κ3) is 5.74. The van der Waals surface area contributed by atoms with Crippen LogP contribution in [-0.2, 0) is 24.3 Å². The van der Waals surface area contributed by atoms with Crippen LogP contribution in [0.2, 0.25) is 5.02 Å². The van der Waals surface area contributed by atoms with Gasteiger partial charge in [0.25, 0.3) is 0 Å². The van der Waals surface area contributed by atoms with Gasteiger partial charge in [0.2, 0.25) is 15.9 Å². The number of benzene rings is 2. The van der Waals surface area contributed by atoms with Crippen LogP contribution in [0, 0.1) is 0 Å². The number of hydrogen-bond acceptors (Lipinski definition) is 6. The molecule has 2 fully saturated rings. The highest BCUT2D eigenvalue weighted by Gasteiger charge is 2.28. The molecule has 10 heteroatoms. The topological polar surface area (TPSA) is 88.2 Å². The van der Waals surface area contributed by atoms with Gasteiger partial charge in [0, 0.05) is 37.3 Å². The third-order valence-electron chi connectivity index (χ3n) is 5.50. The Morgan fingerprint density at radius 1 is 0.970 bits per heavy atom. The van der Waals surface area contributed by atoms with Crippen LogP contribution in [-0.4, -0.2) is 71.2 Å². The fourth-order valence-corrected chi connectivity index (χ4v) is 5.38. The molecule has 1 N–H and O–H groups in total. The Morgan fingerprint density at radius 2 is 1.64 bits per heavy atom. The lowest BCUT2D eigenvalue weighted by Gasteiger charge is -2.31. The maximum atomic E-state index is 13.2. The predicted molar refractivity (Wildman–Crippen MR) is 128 cm³/mol. The van der Waals surface area contributed by atoms with Crippen molar-refractivity contribution in [3.05, 3.63) is 59.1 Å². The fraction of sp³-hybridized carbons (Fsp3) is 0.348. The van der Waals surface area contributed by atoms with Gasteiger partial charge in [0.1, 0.15) is 0 Å². The Hall–Kier alpha value is -2.43. The van der Waals surface area contributed by atoms with Gasteiger partial charge >= 0.3 is 0 Å². The number of halogens is 1. The lowest BCUT2D eigenvalue weighted by Crippen LogP contribution is -2.40. The molecule has 8 nitrogen and oxygen atoms in total. The second-order valence-electron chi connectivity index (χ2n) is 7.64. The average Bonchev–Trinajstić information content (AvgIpc) is 2.84. The van der Waals surface area contributed by atoms with E-state index in [0.717, 1.165) is 5.69 Å². The minimum Gasteiger partial charge on any atom is -0.379 e. The monoisotopic (exact) mass is 491 g/mol. The van der Waals surface area contributed by atoms with Crippen LogP contribution >= 0.6 is 11.6 Å². The normalized spacial score (nSPS) is 17.9. The minimum absolute atomic E-state index is 0.131. The molecule has 0 atom stereocenters. The van der Waals surface area contributed by atoms with Gasteiger partial charge in [0.15, 0.2) is 0 Å². The first kappa shape index (κ1) is 23.7. The second kappa shape index (κ2) is 10.7. The van der Waals surface area contributed by atoms with E-state index < -0.39 is 10.0 Å². The van der Waals surface area contributed by atoms with Crippen molar-refractivity contribution >= 4 is 45.0 Å². The van der Waals surface area contributed by atoms with Gasteiger partial charge in [0.05, 0.1) is 42.7 Å². The number of sulfonamides is 1. The van der Waals surface area contributed by atoms with Crippen molar-refractivity contribution in [1.29, 1.82) is 0 Å². The van der Waals surface area contributed by atoms with E-state index in [1.807, 2.05) is 12.1 Å². The van der Waals surface area contributed by atoms with Gasteiger partial charge in [-0.15, -0.1) is 0 Å². The quantitative estimate of drug-likeness (QED) is 0.625. The summed E-state index contributed by atoms with van der Waals surface area (Å²) in [6, 6.07) is 12.1. The summed E-state index contributed by atoms with van der Waals surface area (Å²) in [7, 11) is -3.71. The van der Waals surface area contributed by atoms with Crippen LogP contribution < -0.4 is 10.2 Å². The Balaban J connectivity index is 1.62. The number of amides is 1. The predicted octanol–water partition coefficient (Wildman–Crippen LogP) is 2.85. The van der Waals surface area contributed by atoms with Crippen LogP contribution in [0.3, 0.4) is 0 Å². The molecule has 0 bridgehead atoms. The summed E-state index contributed by atoms with van der Waals surface area (Å²) in [4.78, 5) is 14.9. The van der Waals surface area contributed by atoms with Crippen LogP contribution in [0.25, 0.3) is 6.08 Å². The van der Waals surface area contributed by atoms with Crippen molar-refractivity contribution in [2.75, 3.05) is 62.8 Å². The number of carbonyl (C=O) groups excluding carboxylic acids is 1. The Morgan fingerprint density at radius 3 is 2.33 bits per heavy atom. The first-order valence-electron chi connectivity index (χ1n) is 10.7. The number of hydrogen-bond donors (Lipinski definition) is 1. The van der Waals surface area contributed by atoms with Gasteiger partial charge < -0.3 is 19.7 Å². The molecule has 0 aromatic heterocycles. The number of nitrogens with zero attached hydrogens (tertiary/aromatic N) is 2. The fourth-order valence-electron chi connectivity index (χ4n) is 3.74. The average molecular weight is 492 g/mol. The van der Waals surface area contributed by atoms with E-state index in [1.165, 1.54) is 16.4 Å². The molecule has 2 heterocycles. The zero-order chi connectivity index (χ0) is 23.3. The first-order chi connectivity index (χ1) is 15.9. The molecule has 2 aromatic rings. The molecule has 2 saturated heterocycles. The highest BCUT2D eigenvalue weighted by molar-refractivity contribution is 7.89. The summed E-state index contributed by atoms with van der Waals surface area (Å²) in [5.41, 5.74) is 1.89. The molecule has 1 amide bonds. The number of rotatable bonds is 6. The van der Waals surface area contributed by atoms with E-state index in [0.29, 0.717) is 68.9 Å². The molecule has 33 heavy (non-hydrogen) atoms. The molecule has 0 saturated carbocycles. The Kier molecular flexibility index (Phi) is 7.67. The van der Waals surface area contributed by atoms with Crippen LogP contribution in [0.15, 0.2) is 53.4 Å². The summed E-state index contributed by atoms with van der Waals surface area (Å²) in [5.74, 6) is -0.384. The standard InChI is InChI=1S/C23H26ClN3O5S/c24-20-4-2-1-3-18(20)5-8-23(28)25-21-17-19(33(29,30)27-11-15-32-16-12-27)6-7-22(21)26-9-13-31-14-10-26/h1-8,17H,9-16H2,(H,25,28). The number of ether oxygens (including phenoxy) is 2. The van der Waals surface area contributed by atoms with Crippen molar-refractivity contribution < 1.29 is 22.7 Å². The van der Waals surface area contributed by atoms with E-state index in [9.17, 15) is 13.2 Å². The second-order valence-corrected chi connectivity index (χ2v) is 9.98. The molecule has 0 spiro atoms. The molecule has 4 rings (SSSR count). The Labute approximate surface area is 198 Å². The van der Waals surface area contributed by atoms with Crippen molar-refractivity contribution in [3.8, 4) is 0 Å². The van der Waals surface area contributed by atoms with E-state index >= 15 is 0 Å². The highest BCUT2D eigenvalue weighted by atomic mass is 35.5. The van der Waals surface area contributed by atoms with Crippen molar-refractivity contribution in [3.63, 3.8) is 0 Å². The molecule has 0 radical (unpaired) electrons. The molecule has 176 valence electrons. The molecular formula is C23H26ClN3O5S. The number of carbonyl (C=O) groups is 1. The van der Waals surface area contributed by atoms with E-state index in [-0.39, 0.29) is 10.8 Å². The molecule has 2 aromatic carbocycles. The van der Waals surface area contributed by atoms with E-state index in [1.54, 1.807) is 30.3 Å². The van der Waals surface area contributed by atoms with Crippen LogP contribution in [0.5, 0.6) is 0 Å². The zero-order valence-electron chi connectivity index (χ0n) is 18.1. The molecule has 2 aliphatic heterocycles. The largest absolute Gasteiger partial charge is 0.379 e. The van der Waals surface area contributed by atoms with Crippen molar-refractivity contribution in [2.24, 2.45) is 0 Å². The van der Waals surface area contributed by atoms with E-state index in [4.69, 9.17) is 21.1 Å². The van der Waals surface area contributed by atoms with Crippen LogP contribution in [0.1, 0.15) is 5.56 Å². The Bertz CT molecular complexity index is 1130. The number of morpholine rings is 2.